The Morgan fingerprint density at radius 3 is 2.48 bits per heavy atom. The van der Waals surface area contributed by atoms with Crippen molar-refractivity contribution in [1.29, 1.82) is 0 Å². The summed E-state index contributed by atoms with van der Waals surface area (Å²) in [5, 5.41) is 0. The number of nitrogens with zero attached hydrogens (tertiary/aromatic N) is 3. The van der Waals surface area contributed by atoms with Gasteiger partial charge in [0.1, 0.15) is 11.4 Å². The second kappa shape index (κ2) is 6.99. The van der Waals surface area contributed by atoms with Crippen molar-refractivity contribution in [2.45, 2.75) is 31.8 Å². The fraction of sp³-hybridized carbons (Fsp3) is 0.278. The lowest BCUT2D eigenvalue weighted by atomic mass is 10.2. The molecule has 1 aliphatic heterocycles. The number of benzene rings is 1. The number of amides is 2. The van der Waals surface area contributed by atoms with E-state index in [4.69, 9.17) is 4.74 Å². The van der Waals surface area contributed by atoms with Gasteiger partial charge >= 0.3 is 12.0 Å². The highest BCUT2D eigenvalue weighted by atomic mass is 32.2. The predicted molar refractivity (Wildman–Crippen MR) is 98.1 cm³/mol. The van der Waals surface area contributed by atoms with E-state index in [2.05, 4.69) is 4.98 Å². The molecular weight excluding hydrogens is 370 g/mol. The number of urea groups is 1. The first-order chi connectivity index (χ1) is 12.7. The number of carbonyl (C=O) groups excluding carboxylic acids is 2. The molecule has 0 radical (unpaired) electrons. The summed E-state index contributed by atoms with van der Waals surface area (Å²) in [6.45, 7) is 4.47. The number of aromatic nitrogens is 1. The summed E-state index contributed by atoms with van der Waals surface area (Å²) >= 11 is 0. The van der Waals surface area contributed by atoms with Crippen molar-refractivity contribution >= 4 is 33.5 Å². The van der Waals surface area contributed by atoms with Crippen LogP contribution in [0.25, 0.3) is 0 Å². The molecule has 0 saturated carbocycles. The van der Waals surface area contributed by atoms with Crippen LogP contribution in [-0.4, -0.2) is 42.4 Å². The van der Waals surface area contributed by atoms with Crippen LogP contribution < -0.4 is 4.90 Å². The molecule has 1 aromatic heterocycles. The largest absolute Gasteiger partial charge is 0.462 e. The zero-order valence-corrected chi connectivity index (χ0v) is 15.9. The molecule has 1 aliphatic rings. The Morgan fingerprint density at radius 1 is 1.19 bits per heavy atom. The second-order valence-corrected chi connectivity index (χ2v) is 8.16. The third kappa shape index (κ3) is 3.50. The van der Waals surface area contributed by atoms with E-state index in [9.17, 15) is 18.0 Å². The van der Waals surface area contributed by atoms with Crippen molar-refractivity contribution in [3.8, 4) is 0 Å². The molecule has 2 heterocycles. The number of hydrogen-bond acceptors (Lipinski definition) is 6. The molecule has 2 aromatic rings. The highest BCUT2D eigenvalue weighted by molar-refractivity contribution is 7.90. The number of pyridine rings is 1. The number of sulfonamides is 1. The molecule has 142 valence electrons. The van der Waals surface area contributed by atoms with Crippen molar-refractivity contribution < 1.29 is 22.7 Å². The maximum absolute atomic E-state index is 13.0. The number of anilines is 2. The lowest BCUT2D eigenvalue weighted by Crippen LogP contribution is -2.51. The van der Waals surface area contributed by atoms with E-state index in [1.54, 1.807) is 38.1 Å². The van der Waals surface area contributed by atoms with Crippen LogP contribution in [0, 0.1) is 6.92 Å². The Morgan fingerprint density at radius 2 is 1.85 bits per heavy atom. The first-order valence-electron chi connectivity index (χ1n) is 8.30. The third-order valence-corrected chi connectivity index (χ3v) is 5.61. The van der Waals surface area contributed by atoms with E-state index in [1.165, 1.54) is 23.2 Å². The average molecular weight is 389 g/mol. The summed E-state index contributed by atoms with van der Waals surface area (Å²) in [6.07, 6.45) is 0.980. The van der Waals surface area contributed by atoms with E-state index in [-0.39, 0.29) is 10.7 Å². The molecule has 0 spiro atoms. The smallest absolute Gasteiger partial charge is 0.344 e. The van der Waals surface area contributed by atoms with Gasteiger partial charge in [-0.25, -0.2) is 27.4 Å². The Balaban J connectivity index is 2.11. The van der Waals surface area contributed by atoms with Gasteiger partial charge in [-0.15, -0.1) is 0 Å². The third-order valence-electron chi connectivity index (χ3n) is 3.87. The Bertz CT molecular complexity index is 986. The molecule has 1 aromatic carbocycles. The summed E-state index contributed by atoms with van der Waals surface area (Å²) in [6, 6.07) is 8.90. The Hall–Kier alpha value is -2.94. The monoisotopic (exact) mass is 389 g/mol. The van der Waals surface area contributed by atoms with Crippen LogP contribution in [-0.2, 0) is 19.6 Å². The second-order valence-electron chi connectivity index (χ2n) is 6.33. The molecular formula is C18H19N3O5S. The van der Waals surface area contributed by atoms with Crippen LogP contribution in [0.4, 0.5) is 16.3 Å². The summed E-state index contributed by atoms with van der Waals surface area (Å²) in [4.78, 5) is 30.2. The van der Waals surface area contributed by atoms with Gasteiger partial charge < -0.3 is 4.74 Å². The molecule has 8 nitrogen and oxygen atoms in total. The zero-order chi connectivity index (χ0) is 19.8. The molecule has 0 saturated heterocycles. The minimum atomic E-state index is -4.23. The molecule has 3 rings (SSSR count). The van der Waals surface area contributed by atoms with E-state index in [0.29, 0.717) is 9.99 Å². The van der Waals surface area contributed by atoms with Gasteiger partial charge in [0.25, 0.3) is 10.0 Å². The van der Waals surface area contributed by atoms with Gasteiger partial charge in [0.05, 0.1) is 11.8 Å². The first kappa shape index (κ1) is 18.8. The van der Waals surface area contributed by atoms with Gasteiger partial charge in [-0.2, -0.15) is 0 Å². The van der Waals surface area contributed by atoms with Gasteiger partial charge in [0.2, 0.25) is 0 Å². The number of hydrogen-bond donors (Lipinski definition) is 0. The molecule has 0 aliphatic carbocycles. The van der Waals surface area contributed by atoms with Crippen LogP contribution in [0.2, 0.25) is 0 Å². The highest BCUT2D eigenvalue weighted by Crippen LogP contribution is 2.37. The van der Waals surface area contributed by atoms with Crippen molar-refractivity contribution in [2.75, 3.05) is 11.4 Å². The van der Waals surface area contributed by atoms with Gasteiger partial charge in [-0.3, -0.25) is 4.79 Å². The van der Waals surface area contributed by atoms with Crippen molar-refractivity contribution in [3.05, 3.63) is 48.2 Å². The molecule has 0 unspecified atom stereocenters. The summed E-state index contributed by atoms with van der Waals surface area (Å²) in [5.41, 5.74) is 1.43. The fourth-order valence-electron chi connectivity index (χ4n) is 2.67. The lowest BCUT2D eigenvalue weighted by Gasteiger charge is -2.34. The first-order valence-corrected chi connectivity index (χ1v) is 9.74. The zero-order valence-electron chi connectivity index (χ0n) is 15.1. The van der Waals surface area contributed by atoms with Gasteiger partial charge in [-0.1, -0.05) is 17.7 Å². The summed E-state index contributed by atoms with van der Waals surface area (Å²) in [7, 11) is -4.23. The van der Waals surface area contributed by atoms with E-state index in [0.717, 1.165) is 5.56 Å². The number of carbonyl (C=O) groups is 2. The van der Waals surface area contributed by atoms with Gasteiger partial charge in [0.15, 0.2) is 5.82 Å². The molecule has 0 atom stereocenters. The maximum Gasteiger partial charge on any atom is 0.344 e. The van der Waals surface area contributed by atoms with E-state index in [1.807, 2.05) is 6.92 Å². The van der Waals surface area contributed by atoms with Crippen LogP contribution >= 0.6 is 0 Å². The standard InChI is InChI=1S/C18H19N3O5S/c1-12(2)26-16(22)11-20-18(23)21(14-8-6-13(3)7-9-14)17-15(27(20,24)25)5-4-10-19-17/h4-10,12H,11H2,1-3H3. The topological polar surface area (TPSA) is 96.9 Å². The van der Waals surface area contributed by atoms with E-state index < -0.39 is 34.7 Å². The molecule has 27 heavy (non-hydrogen) atoms. The van der Waals surface area contributed by atoms with Gasteiger partial charge in [0, 0.05) is 6.20 Å². The number of fused-ring (bicyclic) bond motifs is 1. The molecule has 0 bridgehead atoms. The fourth-order valence-corrected chi connectivity index (χ4v) is 4.10. The van der Waals surface area contributed by atoms with Crippen LogP contribution in [0.3, 0.4) is 0 Å². The molecule has 0 fully saturated rings. The van der Waals surface area contributed by atoms with E-state index >= 15 is 0 Å². The van der Waals surface area contributed by atoms with Crippen molar-refractivity contribution in [2.24, 2.45) is 0 Å². The summed E-state index contributed by atoms with van der Waals surface area (Å²) in [5.74, 6) is -0.807. The van der Waals surface area contributed by atoms with Gasteiger partial charge in [-0.05, 0) is 45.0 Å². The number of aryl methyl sites for hydroxylation is 1. The van der Waals surface area contributed by atoms with Crippen LogP contribution in [0.5, 0.6) is 0 Å². The Kier molecular flexibility index (Phi) is 4.88. The highest BCUT2D eigenvalue weighted by Gasteiger charge is 2.44. The SMILES string of the molecule is Cc1ccc(N2C(=O)N(CC(=O)OC(C)C)S(=O)(=O)c3cccnc32)cc1. The van der Waals surface area contributed by atoms with Crippen molar-refractivity contribution in [1.82, 2.24) is 9.29 Å². The average Bonchev–Trinajstić information content (AvgIpc) is 2.60. The molecule has 9 heteroatoms. The maximum atomic E-state index is 13.0. The predicted octanol–water partition coefficient (Wildman–Crippen LogP) is 2.60. The minimum absolute atomic E-state index is 0.000157. The number of rotatable bonds is 4. The quantitative estimate of drug-likeness (QED) is 0.746. The minimum Gasteiger partial charge on any atom is -0.462 e. The molecule has 0 N–H and O–H groups in total. The normalized spacial score (nSPS) is 15.6. The van der Waals surface area contributed by atoms with Crippen LogP contribution in [0.1, 0.15) is 19.4 Å². The number of ether oxygens (including phenoxy) is 1. The molecule has 2 amide bonds. The summed E-state index contributed by atoms with van der Waals surface area (Å²) < 4.78 is 31.3. The lowest BCUT2D eigenvalue weighted by molar-refractivity contribution is -0.147. The Labute approximate surface area is 157 Å². The number of esters is 1. The van der Waals surface area contributed by atoms with Crippen LogP contribution in [0.15, 0.2) is 47.5 Å². The van der Waals surface area contributed by atoms with Crippen molar-refractivity contribution in [3.63, 3.8) is 0 Å².